The molecule has 3 aliphatic rings. The van der Waals surface area contributed by atoms with Crippen LogP contribution in [0, 0.1) is 12.8 Å². The Kier molecular flexibility index (Phi) is 3.86. The molecular weight excluding hydrogens is 356 g/mol. The van der Waals surface area contributed by atoms with Crippen LogP contribution >= 0.6 is 0 Å². The summed E-state index contributed by atoms with van der Waals surface area (Å²) >= 11 is 0. The lowest BCUT2D eigenvalue weighted by Crippen LogP contribution is -2.59. The van der Waals surface area contributed by atoms with Crippen LogP contribution in [0.1, 0.15) is 53.3 Å². The van der Waals surface area contributed by atoms with E-state index in [-0.39, 0.29) is 23.3 Å². The molecule has 2 fully saturated rings. The van der Waals surface area contributed by atoms with E-state index in [1.165, 1.54) is 0 Å². The predicted molar refractivity (Wildman–Crippen MR) is 101 cm³/mol. The normalized spacial score (nSPS) is 21.1. The van der Waals surface area contributed by atoms with Crippen molar-refractivity contribution in [2.24, 2.45) is 13.0 Å². The van der Waals surface area contributed by atoms with E-state index in [0.717, 1.165) is 55.7 Å². The van der Waals surface area contributed by atoms with Gasteiger partial charge >= 0.3 is 0 Å². The number of carbonyl (C=O) groups excluding carboxylic acids is 2. The SMILES string of the molecule is Cc1cc(C(=O)N2CCC3(CC2)c2nc[nH]c2CCN3C(=O)C2CC2)n(C)n1. The second-order valence-corrected chi connectivity index (χ2v) is 8.36. The highest BCUT2D eigenvalue weighted by Crippen LogP contribution is 2.45. The number of hydrogen-bond acceptors (Lipinski definition) is 4. The van der Waals surface area contributed by atoms with Crippen molar-refractivity contribution in [3.05, 3.63) is 35.2 Å². The Bertz CT molecular complexity index is 932. The first-order valence-electron chi connectivity index (χ1n) is 10.1. The summed E-state index contributed by atoms with van der Waals surface area (Å²) in [4.78, 5) is 37.9. The summed E-state index contributed by atoms with van der Waals surface area (Å²) in [6.07, 6.45) is 6.03. The molecule has 4 heterocycles. The maximum absolute atomic E-state index is 13.0. The minimum absolute atomic E-state index is 0.0103. The third-order valence-corrected chi connectivity index (χ3v) is 6.55. The first-order chi connectivity index (χ1) is 13.5. The second kappa shape index (κ2) is 6.18. The van der Waals surface area contributed by atoms with Crippen LogP contribution in [0.15, 0.2) is 12.4 Å². The number of aryl methyl sites for hydroxylation is 2. The smallest absolute Gasteiger partial charge is 0.272 e. The van der Waals surface area contributed by atoms with Crippen molar-refractivity contribution in [2.45, 2.75) is 44.6 Å². The zero-order chi connectivity index (χ0) is 19.5. The molecule has 1 saturated carbocycles. The van der Waals surface area contributed by atoms with Gasteiger partial charge in [0.05, 0.1) is 23.3 Å². The first kappa shape index (κ1) is 17.5. The van der Waals surface area contributed by atoms with E-state index >= 15 is 0 Å². The number of nitrogens with one attached hydrogen (secondary N) is 1. The Hall–Kier alpha value is -2.64. The second-order valence-electron chi connectivity index (χ2n) is 8.36. The van der Waals surface area contributed by atoms with E-state index in [9.17, 15) is 9.59 Å². The Labute approximate surface area is 163 Å². The predicted octanol–water partition coefficient (Wildman–Crippen LogP) is 1.38. The number of nitrogens with zero attached hydrogens (tertiary/aromatic N) is 5. The minimum Gasteiger partial charge on any atom is -0.348 e. The van der Waals surface area contributed by atoms with Crippen LogP contribution < -0.4 is 0 Å². The number of aromatic amines is 1. The van der Waals surface area contributed by atoms with Crippen LogP contribution in [0.3, 0.4) is 0 Å². The van der Waals surface area contributed by atoms with Crippen molar-refractivity contribution < 1.29 is 9.59 Å². The van der Waals surface area contributed by atoms with Gasteiger partial charge in [-0.1, -0.05) is 0 Å². The van der Waals surface area contributed by atoms with Crippen molar-refractivity contribution >= 4 is 11.8 Å². The molecule has 28 heavy (non-hydrogen) atoms. The monoisotopic (exact) mass is 382 g/mol. The van der Waals surface area contributed by atoms with Crippen molar-refractivity contribution in [1.29, 1.82) is 0 Å². The van der Waals surface area contributed by atoms with Crippen LogP contribution in [0.5, 0.6) is 0 Å². The van der Waals surface area contributed by atoms with Gasteiger partial charge in [0.2, 0.25) is 5.91 Å². The van der Waals surface area contributed by atoms with Crippen molar-refractivity contribution in [3.8, 4) is 0 Å². The number of fused-ring (bicyclic) bond motifs is 2. The van der Waals surface area contributed by atoms with Crippen LogP contribution in [0.25, 0.3) is 0 Å². The third kappa shape index (κ3) is 2.57. The first-order valence-corrected chi connectivity index (χ1v) is 10.1. The summed E-state index contributed by atoms with van der Waals surface area (Å²) in [5.41, 5.74) is 3.22. The van der Waals surface area contributed by atoms with E-state index < -0.39 is 0 Å². The van der Waals surface area contributed by atoms with Crippen molar-refractivity contribution in [2.75, 3.05) is 19.6 Å². The van der Waals surface area contributed by atoms with Gasteiger partial charge in [0.25, 0.3) is 5.91 Å². The average Bonchev–Trinajstić information content (AvgIpc) is 3.33. The lowest BCUT2D eigenvalue weighted by atomic mass is 9.78. The molecule has 8 heteroatoms. The fourth-order valence-corrected chi connectivity index (χ4v) is 4.91. The summed E-state index contributed by atoms with van der Waals surface area (Å²) in [5.74, 6) is 0.473. The molecule has 0 aromatic carbocycles. The van der Waals surface area contributed by atoms with Crippen LogP contribution in [0.2, 0.25) is 0 Å². The van der Waals surface area contributed by atoms with Gasteiger partial charge in [-0.3, -0.25) is 14.3 Å². The van der Waals surface area contributed by atoms with Gasteiger partial charge in [-0.2, -0.15) is 5.10 Å². The number of rotatable bonds is 2. The maximum atomic E-state index is 13.0. The number of likely N-dealkylation sites (tertiary alicyclic amines) is 1. The number of hydrogen-bond donors (Lipinski definition) is 1. The summed E-state index contributed by atoms with van der Waals surface area (Å²) < 4.78 is 1.65. The molecule has 2 aromatic heterocycles. The molecule has 1 N–H and O–H groups in total. The highest BCUT2D eigenvalue weighted by atomic mass is 16.2. The number of piperidine rings is 1. The largest absolute Gasteiger partial charge is 0.348 e. The zero-order valence-electron chi connectivity index (χ0n) is 16.4. The Balaban J connectivity index is 1.41. The van der Waals surface area contributed by atoms with Crippen LogP contribution in [-0.4, -0.2) is 61.0 Å². The Morgan fingerprint density at radius 2 is 1.96 bits per heavy atom. The van der Waals surface area contributed by atoms with Gasteiger partial charge in [0, 0.05) is 44.7 Å². The van der Waals surface area contributed by atoms with Crippen LogP contribution in [0.4, 0.5) is 0 Å². The van der Waals surface area contributed by atoms with Gasteiger partial charge in [-0.05, 0) is 38.7 Å². The van der Waals surface area contributed by atoms with E-state index in [1.807, 2.05) is 17.9 Å². The molecule has 1 saturated heterocycles. The number of aromatic nitrogens is 4. The molecule has 8 nitrogen and oxygen atoms in total. The number of amides is 2. The summed E-state index contributed by atoms with van der Waals surface area (Å²) in [5, 5.41) is 4.30. The van der Waals surface area contributed by atoms with Crippen molar-refractivity contribution in [3.63, 3.8) is 0 Å². The van der Waals surface area contributed by atoms with Gasteiger partial charge in [0.1, 0.15) is 5.69 Å². The number of carbonyl (C=O) groups is 2. The number of imidazole rings is 1. The quantitative estimate of drug-likeness (QED) is 0.850. The standard InChI is InChI=1S/C20H26N6O2/c1-13-11-16(24(2)23-13)19(28)25-9-6-20(7-10-25)17-15(21-12-22-17)5-8-26(20)18(27)14-3-4-14/h11-12,14H,3-10H2,1-2H3,(H,21,22). The summed E-state index contributed by atoms with van der Waals surface area (Å²) in [6.45, 7) is 3.86. The average molecular weight is 382 g/mol. The van der Waals surface area contributed by atoms with Gasteiger partial charge in [-0.25, -0.2) is 4.98 Å². The minimum atomic E-state index is -0.383. The fraction of sp³-hybridized carbons (Fsp3) is 0.600. The summed E-state index contributed by atoms with van der Waals surface area (Å²) in [6, 6.07) is 1.84. The Morgan fingerprint density at radius 1 is 1.21 bits per heavy atom. The molecule has 148 valence electrons. The van der Waals surface area contributed by atoms with E-state index in [2.05, 4.69) is 20.0 Å². The van der Waals surface area contributed by atoms with E-state index in [4.69, 9.17) is 0 Å². The molecule has 2 aliphatic heterocycles. The van der Waals surface area contributed by atoms with E-state index in [1.54, 1.807) is 18.1 Å². The summed E-state index contributed by atoms with van der Waals surface area (Å²) in [7, 11) is 1.80. The molecule has 0 bridgehead atoms. The molecule has 0 radical (unpaired) electrons. The zero-order valence-corrected chi connectivity index (χ0v) is 16.4. The molecule has 1 spiro atoms. The van der Waals surface area contributed by atoms with Gasteiger partial charge < -0.3 is 14.8 Å². The number of H-pyrrole nitrogens is 1. The lowest BCUT2D eigenvalue weighted by molar-refractivity contribution is -0.143. The van der Waals surface area contributed by atoms with Gasteiger partial charge in [0.15, 0.2) is 0 Å². The molecular formula is C20H26N6O2. The van der Waals surface area contributed by atoms with Gasteiger partial charge in [-0.15, -0.1) is 0 Å². The molecule has 0 atom stereocenters. The molecule has 1 aliphatic carbocycles. The lowest BCUT2D eigenvalue weighted by Gasteiger charge is -2.50. The highest BCUT2D eigenvalue weighted by Gasteiger charge is 2.51. The highest BCUT2D eigenvalue weighted by molar-refractivity contribution is 5.92. The van der Waals surface area contributed by atoms with Crippen molar-refractivity contribution in [1.82, 2.24) is 29.5 Å². The Morgan fingerprint density at radius 3 is 2.61 bits per heavy atom. The topological polar surface area (TPSA) is 87.1 Å². The molecule has 2 amide bonds. The third-order valence-electron chi connectivity index (χ3n) is 6.55. The fourth-order valence-electron chi connectivity index (χ4n) is 4.91. The van der Waals surface area contributed by atoms with Crippen LogP contribution in [-0.2, 0) is 23.8 Å². The molecule has 2 aromatic rings. The van der Waals surface area contributed by atoms with E-state index in [0.29, 0.717) is 18.8 Å². The maximum Gasteiger partial charge on any atom is 0.272 e. The molecule has 5 rings (SSSR count). The molecule has 0 unspecified atom stereocenters.